The second-order valence-corrected chi connectivity index (χ2v) is 4.83. The summed E-state index contributed by atoms with van der Waals surface area (Å²) in [7, 11) is 0. The van der Waals surface area contributed by atoms with Gasteiger partial charge in [0.1, 0.15) is 5.82 Å². The van der Waals surface area contributed by atoms with Crippen LogP contribution in [0.1, 0.15) is 12.8 Å². The zero-order chi connectivity index (χ0) is 12.4. The molecule has 0 saturated carbocycles. The highest BCUT2D eigenvalue weighted by Gasteiger charge is 2.22. The predicted octanol–water partition coefficient (Wildman–Crippen LogP) is 1.64. The second kappa shape index (κ2) is 5.27. The lowest BCUT2D eigenvalue weighted by Gasteiger charge is -2.31. The van der Waals surface area contributed by atoms with Crippen molar-refractivity contribution < 1.29 is 5.11 Å². The van der Waals surface area contributed by atoms with Gasteiger partial charge in [0.05, 0.1) is 16.1 Å². The summed E-state index contributed by atoms with van der Waals surface area (Å²) in [6.07, 6.45) is 1.38. The lowest BCUT2D eigenvalue weighted by Crippen LogP contribution is -2.39. The van der Waals surface area contributed by atoms with Crippen molar-refractivity contribution in [2.24, 2.45) is 5.84 Å². The summed E-state index contributed by atoms with van der Waals surface area (Å²) in [5.41, 5.74) is 2.42. The number of piperidine rings is 1. The number of hydrogen-bond donors (Lipinski definition) is 3. The monoisotopic (exact) mass is 276 g/mol. The number of aliphatic hydroxyl groups excluding tert-OH is 1. The molecular weight excluding hydrogens is 263 g/mol. The van der Waals surface area contributed by atoms with Crippen LogP contribution in [0.25, 0.3) is 0 Å². The van der Waals surface area contributed by atoms with E-state index in [1.54, 1.807) is 6.07 Å². The summed E-state index contributed by atoms with van der Waals surface area (Å²) < 4.78 is 0. The van der Waals surface area contributed by atoms with E-state index in [1.165, 1.54) is 0 Å². The van der Waals surface area contributed by atoms with Crippen LogP contribution in [0.2, 0.25) is 10.0 Å². The molecule has 0 aromatic carbocycles. The lowest BCUT2D eigenvalue weighted by molar-refractivity contribution is 0.154. The topological polar surface area (TPSA) is 74.4 Å². The molecule has 1 saturated heterocycles. The van der Waals surface area contributed by atoms with Crippen LogP contribution in [-0.2, 0) is 0 Å². The Hall–Kier alpha value is -0.750. The van der Waals surface area contributed by atoms with Gasteiger partial charge in [-0.15, -0.1) is 0 Å². The summed E-state index contributed by atoms with van der Waals surface area (Å²) in [6, 6.07) is 1.60. The van der Waals surface area contributed by atoms with Crippen molar-refractivity contribution in [3.8, 4) is 0 Å². The molecule has 1 aromatic rings. The number of nitrogens with one attached hydrogen (secondary N) is 1. The average Bonchev–Trinajstić information content (AvgIpc) is 2.29. The van der Waals surface area contributed by atoms with Crippen molar-refractivity contribution in [1.29, 1.82) is 0 Å². The summed E-state index contributed by atoms with van der Waals surface area (Å²) in [5.74, 6) is 6.30. The Kier molecular flexibility index (Phi) is 3.93. The van der Waals surface area contributed by atoms with Gasteiger partial charge in [-0.25, -0.2) is 10.8 Å². The van der Waals surface area contributed by atoms with Gasteiger partial charge in [-0.3, -0.25) is 0 Å². The molecule has 1 aliphatic rings. The van der Waals surface area contributed by atoms with Gasteiger partial charge in [-0.1, -0.05) is 23.2 Å². The summed E-state index contributed by atoms with van der Waals surface area (Å²) in [4.78, 5) is 6.20. The van der Waals surface area contributed by atoms with E-state index >= 15 is 0 Å². The van der Waals surface area contributed by atoms with Gasteiger partial charge in [0.15, 0.2) is 5.82 Å². The number of rotatable bonds is 2. The van der Waals surface area contributed by atoms with E-state index < -0.39 is 0 Å². The number of hydrogen-bond acceptors (Lipinski definition) is 5. The fourth-order valence-corrected chi connectivity index (χ4v) is 2.46. The van der Waals surface area contributed by atoms with Gasteiger partial charge in [0, 0.05) is 13.1 Å². The highest BCUT2D eigenvalue weighted by atomic mass is 35.5. The number of nitrogens with zero attached hydrogens (tertiary/aromatic N) is 2. The maximum atomic E-state index is 9.63. The third-order valence-corrected chi connectivity index (χ3v) is 3.31. The Balaban J connectivity index is 2.30. The van der Waals surface area contributed by atoms with E-state index in [1.807, 2.05) is 4.90 Å². The molecule has 0 bridgehead atoms. The van der Waals surface area contributed by atoms with Gasteiger partial charge in [-0.2, -0.15) is 0 Å². The quantitative estimate of drug-likeness (QED) is 0.566. The normalized spacial score (nSPS) is 20.5. The number of halogens is 2. The molecule has 0 spiro atoms. The predicted molar refractivity (Wildman–Crippen MR) is 69.5 cm³/mol. The number of pyridine rings is 1. The number of β-amino-alcohol motifs (C(OH)–C–C–N with tert-alkyl or cyclic N) is 1. The van der Waals surface area contributed by atoms with Gasteiger partial charge < -0.3 is 15.4 Å². The standard InChI is InChI=1S/C10H14Cl2N4O/c11-7-4-8(12)10(14-9(7)15-13)16-3-1-2-6(17)5-16/h4,6,17H,1-3,5,13H2,(H,14,15). The molecule has 0 amide bonds. The van der Waals surface area contributed by atoms with Crippen LogP contribution < -0.4 is 16.2 Å². The largest absolute Gasteiger partial charge is 0.391 e. The van der Waals surface area contributed by atoms with Gasteiger partial charge in [0.25, 0.3) is 0 Å². The van der Waals surface area contributed by atoms with E-state index in [0.29, 0.717) is 28.2 Å². The van der Waals surface area contributed by atoms with Crippen molar-refractivity contribution in [3.63, 3.8) is 0 Å². The maximum Gasteiger partial charge on any atom is 0.161 e. The van der Waals surface area contributed by atoms with Crippen molar-refractivity contribution in [3.05, 3.63) is 16.1 Å². The molecule has 17 heavy (non-hydrogen) atoms. The lowest BCUT2D eigenvalue weighted by atomic mass is 10.1. The first kappa shape index (κ1) is 12.7. The minimum absolute atomic E-state index is 0.341. The number of hydrazine groups is 1. The minimum atomic E-state index is -0.341. The number of nitrogens with two attached hydrogens (primary N) is 1. The molecule has 0 radical (unpaired) electrons. The van der Waals surface area contributed by atoms with Crippen LogP contribution >= 0.6 is 23.2 Å². The van der Waals surface area contributed by atoms with Crippen LogP contribution in [-0.4, -0.2) is 29.3 Å². The highest BCUT2D eigenvalue weighted by molar-refractivity contribution is 6.37. The van der Waals surface area contributed by atoms with E-state index in [2.05, 4.69) is 10.4 Å². The molecule has 94 valence electrons. The smallest absolute Gasteiger partial charge is 0.161 e. The third kappa shape index (κ3) is 2.74. The zero-order valence-electron chi connectivity index (χ0n) is 9.16. The van der Waals surface area contributed by atoms with Crippen LogP contribution in [0.5, 0.6) is 0 Å². The highest BCUT2D eigenvalue weighted by Crippen LogP contribution is 2.32. The molecule has 5 nitrogen and oxygen atoms in total. The van der Waals surface area contributed by atoms with Crippen LogP contribution in [0, 0.1) is 0 Å². The van der Waals surface area contributed by atoms with Crippen molar-refractivity contribution in [2.75, 3.05) is 23.4 Å². The third-order valence-electron chi connectivity index (χ3n) is 2.74. The zero-order valence-corrected chi connectivity index (χ0v) is 10.7. The van der Waals surface area contributed by atoms with Gasteiger partial charge in [-0.05, 0) is 18.9 Å². The molecule has 0 aliphatic carbocycles. The Morgan fingerprint density at radius 2 is 2.24 bits per heavy atom. The van der Waals surface area contributed by atoms with E-state index in [-0.39, 0.29) is 6.10 Å². The number of nitrogen functional groups attached to an aromatic ring is 1. The van der Waals surface area contributed by atoms with Crippen LogP contribution in [0.15, 0.2) is 6.07 Å². The first-order chi connectivity index (χ1) is 8.11. The minimum Gasteiger partial charge on any atom is -0.391 e. The Labute approximate surface area is 109 Å². The van der Waals surface area contributed by atoms with E-state index in [4.69, 9.17) is 29.0 Å². The summed E-state index contributed by atoms with van der Waals surface area (Å²) >= 11 is 12.0. The van der Waals surface area contributed by atoms with Crippen molar-refractivity contribution in [1.82, 2.24) is 4.98 Å². The molecule has 7 heteroatoms. The number of aromatic nitrogens is 1. The van der Waals surface area contributed by atoms with Gasteiger partial charge >= 0.3 is 0 Å². The molecule has 1 aromatic heterocycles. The van der Waals surface area contributed by atoms with Crippen molar-refractivity contribution in [2.45, 2.75) is 18.9 Å². The Morgan fingerprint density at radius 1 is 1.47 bits per heavy atom. The van der Waals surface area contributed by atoms with E-state index in [0.717, 1.165) is 19.4 Å². The molecule has 1 atom stereocenters. The Morgan fingerprint density at radius 3 is 2.88 bits per heavy atom. The summed E-state index contributed by atoms with van der Waals surface area (Å²) in [5, 5.41) is 10.5. The maximum absolute atomic E-state index is 9.63. The van der Waals surface area contributed by atoms with Gasteiger partial charge in [0.2, 0.25) is 0 Å². The molecular formula is C10H14Cl2N4O. The number of anilines is 2. The Bertz CT molecular complexity index is 416. The van der Waals surface area contributed by atoms with Crippen LogP contribution in [0.3, 0.4) is 0 Å². The summed E-state index contributed by atoms with van der Waals surface area (Å²) in [6.45, 7) is 1.34. The molecule has 1 fully saturated rings. The second-order valence-electron chi connectivity index (χ2n) is 4.01. The first-order valence-electron chi connectivity index (χ1n) is 5.37. The molecule has 4 N–H and O–H groups in total. The van der Waals surface area contributed by atoms with E-state index in [9.17, 15) is 5.11 Å². The fraction of sp³-hybridized carbons (Fsp3) is 0.500. The fourth-order valence-electron chi connectivity index (χ4n) is 1.93. The van der Waals surface area contributed by atoms with Crippen molar-refractivity contribution >= 4 is 34.8 Å². The molecule has 2 rings (SSSR count). The molecule has 1 unspecified atom stereocenters. The molecule has 1 aliphatic heterocycles. The molecule has 2 heterocycles. The van der Waals surface area contributed by atoms with Crippen LogP contribution in [0.4, 0.5) is 11.6 Å². The number of aliphatic hydroxyl groups is 1. The SMILES string of the molecule is NNc1nc(N2CCCC(O)C2)c(Cl)cc1Cl. The first-order valence-corrected chi connectivity index (χ1v) is 6.13. The average molecular weight is 277 g/mol.